The average molecular weight is 467 g/mol. The zero-order valence-electron chi connectivity index (χ0n) is 19.1. The number of anilines is 2. The van der Waals surface area contributed by atoms with Gasteiger partial charge in [0.1, 0.15) is 12.8 Å². The summed E-state index contributed by atoms with van der Waals surface area (Å²) in [5.41, 5.74) is 4.12. The number of fused-ring (bicyclic) bond motifs is 5. The third-order valence-electron chi connectivity index (χ3n) is 6.38. The molecule has 0 saturated heterocycles. The predicted molar refractivity (Wildman–Crippen MR) is 136 cm³/mol. The largest absolute Gasteiger partial charge is 0.497 e. The maximum absolute atomic E-state index is 13.7. The van der Waals surface area contributed by atoms with Crippen molar-refractivity contribution < 1.29 is 14.1 Å². The Balaban J connectivity index is 1.39. The SMILES string of the molecule is COc1ccc2c(c1)c1c[n+](C)ccc1n2CCC(=O)N1c2ccccc2Sc2ccccc21. The van der Waals surface area contributed by atoms with Gasteiger partial charge in [-0.3, -0.25) is 9.69 Å². The quantitative estimate of drug-likeness (QED) is 0.312. The number of amides is 1. The highest BCUT2D eigenvalue weighted by Crippen LogP contribution is 2.48. The number of pyridine rings is 1. The topological polar surface area (TPSA) is 38.4 Å². The van der Waals surface area contributed by atoms with E-state index in [1.807, 2.05) is 60.6 Å². The smallest absolute Gasteiger partial charge is 0.233 e. The lowest BCUT2D eigenvalue weighted by Gasteiger charge is -2.31. The molecular weight excluding hydrogens is 442 g/mol. The molecule has 3 heterocycles. The molecule has 0 atom stereocenters. The van der Waals surface area contributed by atoms with Gasteiger partial charge in [0.05, 0.1) is 29.4 Å². The molecule has 1 aliphatic rings. The van der Waals surface area contributed by atoms with E-state index >= 15 is 0 Å². The summed E-state index contributed by atoms with van der Waals surface area (Å²) < 4.78 is 9.78. The fraction of sp³-hybridized carbons (Fsp3) is 0.143. The summed E-state index contributed by atoms with van der Waals surface area (Å²) in [4.78, 5) is 17.8. The van der Waals surface area contributed by atoms with Gasteiger partial charge in [-0.15, -0.1) is 0 Å². The molecule has 0 spiro atoms. The van der Waals surface area contributed by atoms with Crippen molar-refractivity contribution in [2.45, 2.75) is 22.8 Å². The molecule has 0 saturated carbocycles. The lowest BCUT2D eigenvalue weighted by molar-refractivity contribution is -0.670. The second-order valence-electron chi connectivity index (χ2n) is 8.46. The molecule has 6 heteroatoms. The van der Waals surface area contributed by atoms with Crippen molar-refractivity contribution in [1.29, 1.82) is 0 Å². The lowest BCUT2D eigenvalue weighted by atomic mass is 10.2. The van der Waals surface area contributed by atoms with Crippen LogP contribution in [0.15, 0.2) is 95.0 Å². The van der Waals surface area contributed by atoms with Crippen molar-refractivity contribution in [3.63, 3.8) is 0 Å². The minimum atomic E-state index is 0.0881. The number of rotatable bonds is 4. The van der Waals surface area contributed by atoms with Gasteiger partial charge in [-0.05, 0) is 42.5 Å². The number of carbonyl (C=O) groups excluding carboxylic acids is 1. The van der Waals surface area contributed by atoms with E-state index in [-0.39, 0.29) is 5.91 Å². The molecule has 0 aliphatic carbocycles. The van der Waals surface area contributed by atoms with Crippen LogP contribution in [0.1, 0.15) is 6.42 Å². The Morgan fingerprint density at radius 3 is 2.29 bits per heavy atom. The van der Waals surface area contributed by atoms with Crippen molar-refractivity contribution in [1.82, 2.24) is 4.57 Å². The number of ether oxygens (including phenoxy) is 1. The standard InChI is InChI=1S/C28H24N3O2S/c1-29-15-13-23-21(18-29)20-17-19(33-2)11-12-22(20)30(23)16-14-28(32)31-24-7-3-5-9-26(24)34-27-10-6-4-8-25(27)31/h3-13,15,17-18H,14,16H2,1-2H3/q+1. The number of hydrogen-bond acceptors (Lipinski definition) is 3. The minimum Gasteiger partial charge on any atom is -0.497 e. The first-order valence-electron chi connectivity index (χ1n) is 11.3. The van der Waals surface area contributed by atoms with Crippen molar-refractivity contribution >= 4 is 50.8 Å². The van der Waals surface area contributed by atoms with Crippen LogP contribution in [0.5, 0.6) is 5.75 Å². The number of hydrogen-bond donors (Lipinski definition) is 0. The first-order chi connectivity index (χ1) is 16.6. The second kappa shape index (κ2) is 8.22. The molecule has 5 aromatic rings. The van der Waals surface area contributed by atoms with Crippen LogP contribution >= 0.6 is 11.8 Å². The Morgan fingerprint density at radius 2 is 1.59 bits per heavy atom. The molecule has 34 heavy (non-hydrogen) atoms. The monoisotopic (exact) mass is 466 g/mol. The van der Waals surface area contributed by atoms with Crippen molar-refractivity contribution in [2.24, 2.45) is 7.05 Å². The average Bonchev–Trinajstić information content (AvgIpc) is 3.17. The fourth-order valence-electron chi connectivity index (χ4n) is 4.79. The molecule has 5 nitrogen and oxygen atoms in total. The maximum atomic E-state index is 13.7. The Hall–Kier alpha value is -3.77. The summed E-state index contributed by atoms with van der Waals surface area (Å²) >= 11 is 1.71. The summed E-state index contributed by atoms with van der Waals surface area (Å²) in [7, 11) is 3.71. The van der Waals surface area contributed by atoms with E-state index in [0.29, 0.717) is 13.0 Å². The third-order valence-corrected chi connectivity index (χ3v) is 7.51. The number of aryl methyl sites for hydroxylation is 2. The third kappa shape index (κ3) is 3.33. The highest BCUT2D eigenvalue weighted by Gasteiger charge is 2.28. The number of nitrogens with zero attached hydrogens (tertiary/aromatic N) is 3. The van der Waals surface area contributed by atoms with Crippen LogP contribution in [0.4, 0.5) is 11.4 Å². The predicted octanol–water partition coefficient (Wildman–Crippen LogP) is 5.85. The van der Waals surface area contributed by atoms with Gasteiger partial charge in [-0.1, -0.05) is 36.0 Å². The summed E-state index contributed by atoms with van der Waals surface area (Å²) in [5.74, 6) is 0.915. The van der Waals surface area contributed by atoms with Crippen molar-refractivity contribution in [2.75, 3.05) is 12.0 Å². The molecular formula is C28H24N3O2S+. The summed E-state index contributed by atoms with van der Waals surface area (Å²) in [6.07, 6.45) is 4.56. The zero-order valence-corrected chi connectivity index (χ0v) is 19.9. The number of carbonyl (C=O) groups is 1. The van der Waals surface area contributed by atoms with Crippen molar-refractivity contribution in [3.8, 4) is 5.75 Å². The van der Waals surface area contributed by atoms with E-state index in [1.54, 1.807) is 18.9 Å². The molecule has 0 N–H and O–H groups in total. The highest BCUT2D eigenvalue weighted by atomic mass is 32.2. The van der Waals surface area contributed by atoms with Gasteiger partial charge in [0.2, 0.25) is 5.91 Å². The van der Waals surface area contributed by atoms with Gasteiger partial charge < -0.3 is 9.30 Å². The van der Waals surface area contributed by atoms with Crippen LogP contribution in [0.2, 0.25) is 0 Å². The van der Waals surface area contributed by atoms with Crippen molar-refractivity contribution in [3.05, 3.63) is 85.2 Å². The molecule has 168 valence electrons. The molecule has 1 amide bonds. The van der Waals surface area contributed by atoms with Crippen LogP contribution in [-0.4, -0.2) is 17.6 Å². The van der Waals surface area contributed by atoms with Gasteiger partial charge >= 0.3 is 0 Å². The molecule has 0 bridgehead atoms. The fourth-order valence-corrected chi connectivity index (χ4v) is 5.85. The number of methoxy groups -OCH3 is 1. The van der Waals surface area contributed by atoms with E-state index < -0.39 is 0 Å². The number of para-hydroxylation sites is 2. The number of benzene rings is 3. The second-order valence-corrected chi connectivity index (χ2v) is 9.54. The summed E-state index contributed by atoms with van der Waals surface area (Å²) in [5, 5.41) is 2.28. The van der Waals surface area contributed by atoms with E-state index in [2.05, 4.69) is 45.7 Å². The minimum absolute atomic E-state index is 0.0881. The Kier molecular flexibility index (Phi) is 5.03. The van der Waals surface area contributed by atoms with Gasteiger partial charge in [0, 0.05) is 39.7 Å². The maximum Gasteiger partial charge on any atom is 0.233 e. The Morgan fingerprint density at radius 1 is 0.912 bits per heavy atom. The molecule has 0 fully saturated rings. The zero-order chi connectivity index (χ0) is 23.2. The lowest BCUT2D eigenvalue weighted by Crippen LogP contribution is -2.29. The van der Waals surface area contributed by atoms with Crippen LogP contribution in [0.3, 0.4) is 0 Å². The number of aromatic nitrogens is 2. The van der Waals surface area contributed by atoms with Gasteiger partial charge in [0.25, 0.3) is 0 Å². The van der Waals surface area contributed by atoms with E-state index in [1.165, 1.54) is 0 Å². The normalized spacial score (nSPS) is 12.6. The van der Waals surface area contributed by atoms with E-state index in [9.17, 15) is 4.79 Å². The summed E-state index contributed by atoms with van der Waals surface area (Å²) in [6, 6.07) is 24.5. The molecule has 0 unspecified atom stereocenters. The van der Waals surface area contributed by atoms with Crippen LogP contribution in [-0.2, 0) is 18.4 Å². The molecule has 2 aromatic heterocycles. The Bertz CT molecular complexity index is 1530. The van der Waals surface area contributed by atoms with Crippen LogP contribution in [0.25, 0.3) is 21.8 Å². The Labute approximate surface area is 202 Å². The molecule has 0 radical (unpaired) electrons. The van der Waals surface area contributed by atoms with Gasteiger partial charge in [-0.2, -0.15) is 0 Å². The first kappa shape index (κ1) is 20.8. The highest BCUT2D eigenvalue weighted by molar-refractivity contribution is 7.99. The van der Waals surface area contributed by atoms with Crippen LogP contribution in [0, 0.1) is 0 Å². The van der Waals surface area contributed by atoms with E-state index in [0.717, 1.165) is 48.7 Å². The summed E-state index contributed by atoms with van der Waals surface area (Å²) in [6.45, 7) is 0.590. The molecule has 1 aliphatic heterocycles. The molecule has 6 rings (SSSR count). The van der Waals surface area contributed by atoms with Gasteiger partial charge in [0.15, 0.2) is 12.4 Å². The van der Waals surface area contributed by atoms with Gasteiger partial charge in [-0.25, -0.2) is 4.57 Å². The van der Waals surface area contributed by atoms with Crippen LogP contribution < -0.4 is 14.2 Å². The molecule has 3 aromatic carbocycles. The first-order valence-corrected chi connectivity index (χ1v) is 12.1. The van der Waals surface area contributed by atoms with E-state index in [4.69, 9.17) is 4.74 Å².